The highest BCUT2D eigenvalue weighted by Gasteiger charge is 2.27. The molecule has 1 N–H and O–H groups in total. The number of carbonyl (C=O) groups excluding carboxylic acids is 1. The van der Waals surface area contributed by atoms with Crippen molar-refractivity contribution in [1.82, 2.24) is 14.6 Å². The molecule has 140 valence electrons. The van der Waals surface area contributed by atoms with Gasteiger partial charge < -0.3 is 4.90 Å². The summed E-state index contributed by atoms with van der Waals surface area (Å²) in [7, 11) is -3.36. The fourth-order valence-corrected chi connectivity index (χ4v) is 4.77. The molecule has 1 aromatic carbocycles. The molecule has 26 heavy (non-hydrogen) atoms. The molecule has 0 aliphatic carbocycles. The molecule has 1 amide bonds. The molecule has 1 aliphatic heterocycles. The summed E-state index contributed by atoms with van der Waals surface area (Å²) in [6.45, 7) is 5.22. The van der Waals surface area contributed by atoms with Gasteiger partial charge in [0.25, 0.3) is 5.91 Å². The molecular formula is C18H23N3O3S2. The molecule has 2 heterocycles. The van der Waals surface area contributed by atoms with Crippen LogP contribution in [-0.4, -0.2) is 30.5 Å². The lowest BCUT2D eigenvalue weighted by atomic mass is 10.1. The summed E-state index contributed by atoms with van der Waals surface area (Å²) in [6, 6.07) is 7.60. The standard InChI is InChI=1S/C18H23N3O3S2/c1-12(2)8-15(20-26(3,23)24)17-19-16(11-25-17)18(22)21-9-13-6-4-5-7-14(13)10-21/h4-7,11-12,15,20H,8-10H2,1-3H3/t15-/m1/s1. The summed E-state index contributed by atoms with van der Waals surface area (Å²) < 4.78 is 26.0. The van der Waals surface area contributed by atoms with Gasteiger partial charge in [0, 0.05) is 18.5 Å². The molecule has 1 aromatic heterocycles. The van der Waals surface area contributed by atoms with Crippen molar-refractivity contribution in [2.75, 3.05) is 6.26 Å². The first-order chi connectivity index (χ1) is 12.2. The molecule has 0 unspecified atom stereocenters. The molecular weight excluding hydrogens is 370 g/mol. The molecule has 0 spiro atoms. The first-order valence-corrected chi connectivity index (χ1v) is 11.3. The van der Waals surface area contributed by atoms with Gasteiger partial charge in [-0.05, 0) is 23.5 Å². The van der Waals surface area contributed by atoms with Gasteiger partial charge in [0.15, 0.2) is 0 Å². The second-order valence-corrected chi connectivity index (χ2v) is 9.74. The molecule has 0 bridgehead atoms. The minimum atomic E-state index is -3.36. The number of nitrogens with one attached hydrogen (secondary N) is 1. The van der Waals surface area contributed by atoms with Crippen LogP contribution in [0.1, 0.15) is 52.9 Å². The molecule has 1 aliphatic rings. The second kappa shape index (κ2) is 7.46. The van der Waals surface area contributed by atoms with E-state index in [0.29, 0.717) is 36.1 Å². The van der Waals surface area contributed by atoms with Crippen molar-refractivity contribution in [1.29, 1.82) is 0 Å². The van der Waals surface area contributed by atoms with Crippen LogP contribution < -0.4 is 4.72 Å². The van der Waals surface area contributed by atoms with E-state index in [1.54, 1.807) is 10.3 Å². The maximum absolute atomic E-state index is 12.8. The number of thiazole rings is 1. The number of fused-ring (bicyclic) bond motifs is 1. The largest absolute Gasteiger partial charge is 0.329 e. The molecule has 0 radical (unpaired) electrons. The van der Waals surface area contributed by atoms with Crippen molar-refractivity contribution in [3.63, 3.8) is 0 Å². The van der Waals surface area contributed by atoms with Crippen molar-refractivity contribution in [2.24, 2.45) is 5.92 Å². The average molecular weight is 394 g/mol. The van der Waals surface area contributed by atoms with Crippen LogP contribution in [0.3, 0.4) is 0 Å². The number of carbonyl (C=O) groups is 1. The molecule has 0 saturated heterocycles. The Morgan fingerprint density at radius 3 is 2.42 bits per heavy atom. The third-order valence-electron chi connectivity index (χ3n) is 4.23. The predicted molar refractivity (Wildman–Crippen MR) is 102 cm³/mol. The summed E-state index contributed by atoms with van der Waals surface area (Å²) in [4.78, 5) is 19.0. The first kappa shape index (κ1) is 19.0. The van der Waals surface area contributed by atoms with E-state index in [0.717, 1.165) is 17.4 Å². The Labute approximate surface area is 158 Å². The third kappa shape index (κ3) is 4.49. The fraction of sp³-hybridized carbons (Fsp3) is 0.444. The Morgan fingerprint density at radius 1 is 1.27 bits per heavy atom. The number of sulfonamides is 1. The van der Waals surface area contributed by atoms with Crippen LogP contribution in [0, 0.1) is 5.92 Å². The minimum Gasteiger partial charge on any atom is -0.329 e. The Morgan fingerprint density at radius 2 is 1.88 bits per heavy atom. The second-order valence-electron chi connectivity index (χ2n) is 7.07. The van der Waals surface area contributed by atoms with Gasteiger partial charge in [0.2, 0.25) is 10.0 Å². The van der Waals surface area contributed by atoms with Gasteiger partial charge in [-0.2, -0.15) is 0 Å². The molecule has 6 nitrogen and oxygen atoms in total. The quantitative estimate of drug-likeness (QED) is 0.818. The van der Waals surface area contributed by atoms with Gasteiger partial charge in [0.1, 0.15) is 10.7 Å². The Hall–Kier alpha value is -1.77. The van der Waals surface area contributed by atoms with Gasteiger partial charge >= 0.3 is 0 Å². The number of amides is 1. The first-order valence-electron chi connectivity index (χ1n) is 8.51. The van der Waals surface area contributed by atoms with E-state index < -0.39 is 16.1 Å². The van der Waals surface area contributed by atoms with Crippen LogP contribution in [0.5, 0.6) is 0 Å². The van der Waals surface area contributed by atoms with Crippen molar-refractivity contribution in [2.45, 2.75) is 39.4 Å². The summed E-state index contributed by atoms with van der Waals surface area (Å²) in [6.07, 6.45) is 1.77. The van der Waals surface area contributed by atoms with E-state index in [1.165, 1.54) is 11.3 Å². The Bertz CT molecular complexity index is 881. The number of aromatic nitrogens is 1. The smallest absolute Gasteiger partial charge is 0.273 e. The highest BCUT2D eigenvalue weighted by atomic mass is 32.2. The Kier molecular flexibility index (Phi) is 5.45. The normalized spacial score (nSPS) is 15.3. The fourth-order valence-electron chi connectivity index (χ4n) is 3.11. The average Bonchev–Trinajstić information content (AvgIpc) is 3.19. The maximum Gasteiger partial charge on any atom is 0.273 e. The summed E-state index contributed by atoms with van der Waals surface area (Å²) in [5.41, 5.74) is 2.70. The van der Waals surface area contributed by atoms with Crippen LogP contribution in [-0.2, 0) is 23.1 Å². The molecule has 8 heteroatoms. The molecule has 1 atom stereocenters. The third-order valence-corrected chi connectivity index (χ3v) is 5.90. The van der Waals surface area contributed by atoms with Crippen LogP contribution in [0.25, 0.3) is 0 Å². The van der Waals surface area contributed by atoms with Crippen molar-refractivity contribution >= 4 is 27.3 Å². The number of hydrogen-bond acceptors (Lipinski definition) is 5. The monoisotopic (exact) mass is 393 g/mol. The van der Waals surface area contributed by atoms with E-state index in [-0.39, 0.29) is 5.91 Å². The van der Waals surface area contributed by atoms with E-state index in [4.69, 9.17) is 0 Å². The topological polar surface area (TPSA) is 79.4 Å². The number of hydrogen-bond donors (Lipinski definition) is 1. The van der Waals surface area contributed by atoms with E-state index in [2.05, 4.69) is 9.71 Å². The number of benzene rings is 1. The van der Waals surface area contributed by atoms with Crippen LogP contribution in [0.4, 0.5) is 0 Å². The molecule has 0 saturated carbocycles. The maximum atomic E-state index is 12.8. The molecule has 3 rings (SSSR count). The lowest BCUT2D eigenvalue weighted by Gasteiger charge is -2.17. The number of rotatable bonds is 6. The van der Waals surface area contributed by atoms with Crippen molar-refractivity contribution in [3.05, 3.63) is 51.5 Å². The van der Waals surface area contributed by atoms with Crippen LogP contribution >= 0.6 is 11.3 Å². The van der Waals surface area contributed by atoms with Crippen LogP contribution in [0.2, 0.25) is 0 Å². The zero-order chi connectivity index (χ0) is 18.9. The van der Waals surface area contributed by atoms with E-state index in [1.807, 2.05) is 38.1 Å². The zero-order valence-corrected chi connectivity index (χ0v) is 16.7. The lowest BCUT2D eigenvalue weighted by molar-refractivity contribution is 0.0746. The van der Waals surface area contributed by atoms with Crippen molar-refractivity contribution < 1.29 is 13.2 Å². The van der Waals surface area contributed by atoms with Gasteiger partial charge in [-0.25, -0.2) is 18.1 Å². The van der Waals surface area contributed by atoms with Crippen molar-refractivity contribution in [3.8, 4) is 0 Å². The minimum absolute atomic E-state index is 0.119. The zero-order valence-electron chi connectivity index (χ0n) is 15.1. The van der Waals surface area contributed by atoms with Crippen LogP contribution in [0.15, 0.2) is 29.6 Å². The summed E-state index contributed by atoms with van der Waals surface area (Å²) in [5.74, 6) is 0.178. The summed E-state index contributed by atoms with van der Waals surface area (Å²) in [5, 5.41) is 2.35. The summed E-state index contributed by atoms with van der Waals surface area (Å²) >= 11 is 1.33. The highest BCUT2D eigenvalue weighted by Crippen LogP contribution is 2.28. The van der Waals surface area contributed by atoms with Gasteiger partial charge in [-0.3, -0.25) is 4.79 Å². The van der Waals surface area contributed by atoms with Gasteiger partial charge in [0.05, 0.1) is 12.3 Å². The van der Waals surface area contributed by atoms with E-state index >= 15 is 0 Å². The Balaban J connectivity index is 1.77. The van der Waals surface area contributed by atoms with Gasteiger partial charge in [-0.15, -0.1) is 11.3 Å². The molecule has 0 fully saturated rings. The van der Waals surface area contributed by atoms with E-state index in [9.17, 15) is 13.2 Å². The van der Waals surface area contributed by atoms with Gasteiger partial charge in [-0.1, -0.05) is 38.1 Å². The SMILES string of the molecule is CC(C)C[C@@H](NS(C)(=O)=O)c1nc(C(=O)N2Cc3ccccc3C2)cs1. The molecule has 2 aromatic rings. The lowest BCUT2D eigenvalue weighted by Crippen LogP contribution is -2.29. The highest BCUT2D eigenvalue weighted by molar-refractivity contribution is 7.88. The predicted octanol–water partition coefficient (Wildman–Crippen LogP) is 2.94. The number of nitrogens with zero attached hydrogens (tertiary/aromatic N) is 2.